The third-order valence-corrected chi connectivity index (χ3v) is 1.56. The molecule has 4 heteroatoms. The molecule has 0 aromatic carbocycles. The van der Waals surface area contributed by atoms with Crippen molar-refractivity contribution in [3.63, 3.8) is 0 Å². The fourth-order valence-electron chi connectivity index (χ4n) is 0.886. The summed E-state index contributed by atoms with van der Waals surface area (Å²) in [7, 11) is 3.02. The Labute approximate surface area is 79.2 Å². The molecule has 0 radical (unpaired) electrons. The molecule has 13 heavy (non-hydrogen) atoms. The van der Waals surface area contributed by atoms with Gasteiger partial charge in [0.05, 0.1) is 19.8 Å². The lowest BCUT2D eigenvalue weighted by Gasteiger charge is -2.10. The van der Waals surface area contributed by atoms with E-state index < -0.39 is 0 Å². The third kappa shape index (κ3) is 7.74. The highest BCUT2D eigenvalue weighted by atomic mass is 16.5. The Morgan fingerprint density at radius 3 is 2.62 bits per heavy atom. The highest BCUT2D eigenvalue weighted by molar-refractivity contribution is 5.68. The van der Waals surface area contributed by atoms with E-state index in [2.05, 4.69) is 4.74 Å². The SMILES string of the molecule is COCC(C)OCCCC(=O)OC. The molecule has 78 valence electrons. The van der Waals surface area contributed by atoms with Gasteiger partial charge in [-0.25, -0.2) is 0 Å². The van der Waals surface area contributed by atoms with Crippen LogP contribution in [0.4, 0.5) is 0 Å². The fourth-order valence-corrected chi connectivity index (χ4v) is 0.886. The van der Waals surface area contributed by atoms with E-state index in [1.165, 1.54) is 7.11 Å². The minimum atomic E-state index is -0.192. The van der Waals surface area contributed by atoms with Crippen molar-refractivity contribution in [3.8, 4) is 0 Å². The Morgan fingerprint density at radius 2 is 2.08 bits per heavy atom. The van der Waals surface area contributed by atoms with E-state index in [9.17, 15) is 4.79 Å². The number of esters is 1. The van der Waals surface area contributed by atoms with Crippen LogP contribution in [0.1, 0.15) is 19.8 Å². The molecule has 0 saturated heterocycles. The zero-order valence-corrected chi connectivity index (χ0v) is 8.54. The molecule has 0 aromatic rings. The molecule has 0 saturated carbocycles. The smallest absolute Gasteiger partial charge is 0.305 e. The second-order valence-electron chi connectivity index (χ2n) is 2.82. The van der Waals surface area contributed by atoms with E-state index in [0.29, 0.717) is 26.1 Å². The van der Waals surface area contributed by atoms with Crippen LogP contribution in [-0.2, 0) is 19.0 Å². The van der Waals surface area contributed by atoms with Gasteiger partial charge < -0.3 is 14.2 Å². The van der Waals surface area contributed by atoms with Crippen molar-refractivity contribution in [2.24, 2.45) is 0 Å². The molecule has 0 spiro atoms. The van der Waals surface area contributed by atoms with Crippen LogP contribution >= 0.6 is 0 Å². The first kappa shape index (κ1) is 12.4. The van der Waals surface area contributed by atoms with E-state index in [0.717, 1.165) is 0 Å². The van der Waals surface area contributed by atoms with Gasteiger partial charge >= 0.3 is 5.97 Å². The first-order chi connectivity index (χ1) is 6.20. The van der Waals surface area contributed by atoms with Gasteiger partial charge in [-0.05, 0) is 13.3 Å². The molecular formula is C9H18O4. The van der Waals surface area contributed by atoms with Gasteiger partial charge in [-0.2, -0.15) is 0 Å². The number of carbonyl (C=O) groups is 1. The topological polar surface area (TPSA) is 44.8 Å². The van der Waals surface area contributed by atoms with Gasteiger partial charge in [-0.15, -0.1) is 0 Å². The molecule has 0 aliphatic carbocycles. The molecule has 1 atom stereocenters. The van der Waals surface area contributed by atoms with Crippen LogP contribution in [0.15, 0.2) is 0 Å². The van der Waals surface area contributed by atoms with Crippen molar-refractivity contribution < 1.29 is 19.0 Å². The van der Waals surface area contributed by atoms with Gasteiger partial charge in [0.2, 0.25) is 0 Å². The molecule has 1 unspecified atom stereocenters. The van der Waals surface area contributed by atoms with Gasteiger partial charge in [0.25, 0.3) is 0 Å². The van der Waals surface area contributed by atoms with Crippen molar-refractivity contribution in [2.75, 3.05) is 27.4 Å². The summed E-state index contributed by atoms with van der Waals surface area (Å²) in [5.74, 6) is -0.192. The molecule has 0 amide bonds. The van der Waals surface area contributed by atoms with Gasteiger partial charge in [0.1, 0.15) is 0 Å². The summed E-state index contributed by atoms with van der Waals surface area (Å²) in [5, 5.41) is 0. The lowest BCUT2D eigenvalue weighted by molar-refractivity contribution is -0.141. The molecule has 0 heterocycles. The Balaban J connectivity index is 3.20. The Hall–Kier alpha value is -0.610. The van der Waals surface area contributed by atoms with E-state index in [1.807, 2.05) is 6.92 Å². The molecule has 0 fully saturated rings. The molecule has 0 N–H and O–H groups in total. The van der Waals surface area contributed by atoms with Crippen molar-refractivity contribution in [1.29, 1.82) is 0 Å². The molecule has 0 rings (SSSR count). The standard InChI is InChI=1S/C9H18O4/c1-8(7-11-2)13-6-4-5-9(10)12-3/h8H,4-7H2,1-3H3. The summed E-state index contributed by atoms with van der Waals surface area (Å²) >= 11 is 0. The largest absolute Gasteiger partial charge is 0.469 e. The second-order valence-corrected chi connectivity index (χ2v) is 2.82. The number of hydrogen-bond donors (Lipinski definition) is 0. The Morgan fingerprint density at radius 1 is 1.38 bits per heavy atom. The second kappa shape index (κ2) is 8.01. The van der Waals surface area contributed by atoms with Crippen molar-refractivity contribution in [1.82, 2.24) is 0 Å². The predicted molar refractivity (Wildman–Crippen MR) is 48.5 cm³/mol. The van der Waals surface area contributed by atoms with E-state index >= 15 is 0 Å². The fraction of sp³-hybridized carbons (Fsp3) is 0.889. The van der Waals surface area contributed by atoms with E-state index in [1.54, 1.807) is 7.11 Å². The van der Waals surface area contributed by atoms with Gasteiger partial charge in [-0.3, -0.25) is 4.79 Å². The molecule has 4 nitrogen and oxygen atoms in total. The predicted octanol–water partition coefficient (Wildman–Crippen LogP) is 0.991. The average molecular weight is 190 g/mol. The van der Waals surface area contributed by atoms with Crippen molar-refractivity contribution >= 4 is 5.97 Å². The number of hydrogen-bond acceptors (Lipinski definition) is 4. The number of methoxy groups -OCH3 is 2. The van der Waals surface area contributed by atoms with Crippen LogP contribution in [0.5, 0.6) is 0 Å². The van der Waals surface area contributed by atoms with Crippen LogP contribution in [0.2, 0.25) is 0 Å². The number of rotatable bonds is 7. The molecular weight excluding hydrogens is 172 g/mol. The average Bonchev–Trinajstić information content (AvgIpc) is 2.12. The van der Waals surface area contributed by atoms with Crippen LogP contribution in [0, 0.1) is 0 Å². The van der Waals surface area contributed by atoms with Crippen molar-refractivity contribution in [3.05, 3.63) is 0 Å². The Bertz CT molecular complexity index is 136. The zero-order valence-electron chi connectivity index (χ0n) is 8.54. The van der Waals surface area contributed by atoms with Crippen LogP contribution in [0.25, 0.3) is 0 Å². The maximum atomic E-state index is 10.7. The summed E-state index contributed by atoms with van der Waals surface area (Å²) in [4.78, 5) is 10.7. The molecule has 0 aromatic heterocycles. The first-order valence-corrected chi connectivity index (χ1v) is 4.38. The summed E-state index contributed by atoms with van der Waals surface area (Å²) in [6.07, 6.45) is 1.19. The third-order valence-electron chi connectivity index (χ3n) is 1.56. The van der Waals surface area contributed by atoms with Gasteiger partial charge in [-0.1, -0.05) is 0 Å². The quantitative estimate of drug-likeness (QED) is 0.443. The Kier molecular flexibility index (Phi) is 7.63. The molecule has 0 bridgehead atoms. The summed E-state index contributed by atoms with van der Waals surface area (Å²) < 4.78 is 14.7. The maximum absolute atomic E-state index is 10.7. The lowest BCUT2D eigenvalue weighted by atomic mass is 10.3. The van der Waals surface area contributed by atoms with Gasteiger partial charge in [0, 0.05) is 20.1 Å². The molecule has 0 aliphatic heterocycles. The zero-order chi connectivity index (χ0) is 10.1. The minimum absolute atomic E-state index is 0.0858. The first-order valence-electron chi connectivity index (χ1n) is 4.38. The van der Waals surface area contributed by atoms with Gasteiger partial charge in [0.15, 0.2) is 0 Å². The van der Waals surface area contributed by atoms with E-state index in [4.69, 9.17) is 9.47 Å². The maximum Gasteiger partial charge on any atom is 0.305 e. The normalized spacial score (nSPS) is 12.5. The van der Waals surface area contributed by atoms with Crippen LogP contribution < -0.4 is 0 Å². The van der Waals surface area contributed by atoms with Crippen molar-refractivity contribution in [2.45, 2.75) is 25.9 Å². The van der Waals surface area contributed by atoms with Crippen LogP contribution in [-0.4, -0.2) is 39.5 Å². The number of ether oxygens (including phenoxy) is 3. The van der Waals surface area contributed by atoms with E-state index in [-0.39, 0.29) is 12.1 Å². The highest BCUT2D eigenvalue weighted by Crippen LogP contribution is 1.96. The van der Waals surface area contributed by atoms with Crippen LogP contribution in [0.3, 0.4) is 0 Å². The summed E-state index contributed by atoms with van der Waals surface area (Å²) in [5.41, 5.74) is 0. The minimum Gasteiger partial charge on any atom is -0.469 e. The lowest BCUT2D eigenvalue weighted by Crippen LogP contribution is -2.16. The molecule has 0 aliphatic rings. The number of carbonyl (C=O) groups excluding carboxylic acids is 1. The summed E-state index contributed by atoms with van der Waals surface area (Å²) in [6.45, 7) is 3.08. The highest BCUT2D eigenvalue weighted by Gasteiger charge is 2.02. The monoisotopic (exact) mass is 190 g/mol. The summed E-state index contributed by atoms with van der Waals surface area (Å²) in [6, 6.07) is 0.